The van der Waals surface area contributed by atoms with Crippen molar-refractivity contribution in [1.82, 2.24) is 9.88 Å². The van der Waals surface area contributed by atoms with Crippen LogP contribution in [0.5, 0.6) is 0 Å². The fourth-order valence-electron chi connectivity index (χ4n) is 5.64. The molecule has 0 bridgehead atoms. The van der Waals surface area contributed by atoms with Crippen LogP contribution in [-0.4, -0.2) is 66.8 Å². The van der Waals surface area contributed by atoms with Gasteiger partial charge < -0.3 is 14.9 Å². The van der Waals surface area contributed by atoms with E-state index >= 15 is 0 Å². The Morgan fingerprint density at radius 1 is 0.956 bits per heavy atom. The van der Waals surface area contributed by atoms with Crippen molar-refractivity contribution in [2.75, 3.05) is 49.6 Å². The lowest BCUT2D eigenvalue weighted by molar-refractivity contribution is -0.143. The van der Waals surface area contributed by atoms with Crippen molar-refractivity contribution in [3.8, 4) is 11.1 Å². The molecule has 1 saturated heterocycles. The topological polar surface area (TPSA) is 59.9 Å². The fourth-order valence-corrected chi connectivity index (χ4v) is 5.64. The van der Waals surface area contributed by atoms with Crippen LogP contribution in [0.2, 0.25) is 0 Å². The average molecular weight is 641 g/mol. The monoisotopic (exact) mass is 640 g/mol. The third-order valence-electron chi connectivity index (χ3n) is 8.38. The average Bonchev–Trinajstić information content (AvgIpc) is 2.98. The molecular formula is C32H35F7N4O2. The van der Waals surface area contributed by atoms with Crippen LogP contribution in [-0.2, 0) is 22.6 Å². The molecule has 0 spiro atoms. The number of hydrogen-bond donors (Lipinski definition) is 1. The molecule has 1 atom stereocenters. The van der Waals surface area contributed by atoms with Gasteiger partial charge in [-0.3, -0.25) is 9.69 Å². The third kappa shape index (κ3) is 7.09. The van der Waals surface area contributed by atoms with Crippen LogP contribution in [0, 0.1) is 12.7 Å². The zero-order valence-corrected chi connectivity index (χ0v) is 25.5. The molecule has 6 nitrogen and oxygen atoms in total. The highest BCUT2D eigenvalue weighted by Crippen LogP contribution is 2.41. The Labute approximate surface area is 257 Å². The first-order valence-electron chi connectivity index (χ1n) is 14.3. The van der Waals surface area contributed by atoms with Crippen LogP contribution in [0.4, 0.5) is 42.2 Å². The van der Waals surface area contributed by atoms with Gasteiger partial charge >= 0.3 is 12.4 Å². The second-order valence-electron chi connectivity index (χ2n) is 11.7. The number of alkyl halides is 6. The van der Waals surface area contributed by atoms with Gasteiger partial charge in [-0.05, 0) is 80.4 Å². The molecular weight excluding hydrogens is 605 g/mol. The fraction of sp³-hybridized carbons (Fsp3) is 0.438. The van der Waals surface area contributed by atoms with Crippen molar-refractivity contribution in [1.29, 1.82) is 0 Å². The lowest BCUT2D eigenvalue weighted by atomic mass is 9.81. The molecule has 4 rings (SSSR count). The molecule has 2 aromatic carbocycles. The van der Waals surface area contributed by atoms with E-state index in [9.17, 15) is 40.6 Å². The van der Waals surface area contributed by atoms with E-state index in [1.54, 1.807) is 13.0 Å². The summed E-state index contributed by atoms with van der Waals surface area (Å²) in [5.74, 6) is -0.797. The smallest absolute Gasteiger partial charge is 0.394 e. The van der Waals surface area contributed by atoms with Crippen molar-refractivity contribution < 1.29 is 40.6 Å². The quantitative estimate of drug-likeness (QED) is 0.292. The van der Waals surface area contributed by atoms with E-state index in [2.05, 4.69) is 9.88 Å². The van der Waals surface area contributed by atoms with E-state index in [0.717, 1.165) is 11.4 Å². The number of carbonyl (C=O) groups is 1. The number of amides is 1. The maximum absolute atomic E-state index is 14.1. The summed E-state index contributed by atoms with van der Waals surface area (Å²) in [6, 6.07) is 6.63. The SMILES string of the molecule is CCN1CCN(c2cc(-c3ccc(F)cc3C)c(N(C)C(=O)C(C)(C)c3cc(C(F)(F)F)cc(C(F)(F)F)c3)cn2)[C@H](CO)C1. The molecule has 2 heterocycles. The van der Waals surface area contributed by atoms with Crippen LogP contribution >= 0.6 is 0 Å². The number of piperazine rings is 1. The van der Waals surface area contributed by atoms with Crippen LogP contribution in [0.3, 0.4) is 0 Å². The number of likely N-dealkylation sites (N-methyl/N-ethyl adjacent to an activating group) is 2. The van der Waals surface area contributed by atoms with E-state index in [0.29, 0.717) is 54.3 Å². The molecule has 1 N–H and O–H groups in total. The molecule has 244 valence electrons. The number of hydrogen-bond acceptors (Lipinski definition) is 5. The Kier molecular flexibility index (Phi) is 9.56. The summed E-state index contributed by atoms with van der Waals surface area (Å²) in [5, 5.41) is 10.1. The van der Waals surface area contributed by atoms with Gasteiger partial charge in [0.2, 0.25) is 5.91 Å². The number of aliphatic hydroxyl groups excluding tert-OH is 1. The predicted molar refractivity (Wildman–Crippen MR) is 158 cm³/mol. The summed E-state index contributed by atoms with van der Waals surface area (Å²) < 4.78 is 95.8. The highest BCUT2D eigenvalue weighted by Gasteiger charge is 2.41. The van der Waals surface area contributed by atoms with Gasteiger partial charge in [-0.2, -0.15) is 26.3 Å². The van der Waals surface area contributed by atoms with E-state index in [4.69, 9.17) is 0 Å². The van der Waals surface area contributed by atoms with Gasteiger partial charge in [0.05, 0.1) is 41.1 Å². The zero-order chi connectivity index (χ0) is 33.5. The number of rotatable bonds is 7. The minimum absolute atomic E-state index is 0.0196. The molecule has 0 radical (unpaired) electrons. The number of aromatic nitrogens is 1. The maximum Gasteiger partial charge on any atom is 0.416 e. The molecule has 1 aromatic heterocycles. The molecule has 1 aliphatic heterocycles. The third-order valence-corrected chi connectivity index (χ3v) is 8.38. The number of halogens is 7. The van der Waals surface area contributed by atoms with Crippen LogP contribution in [0.25, 0.3) is 11.1 Å². The van der Waals surface area contributed by atoms with Gasteiger partial charge in [0.1, 0.15) is 11.6 Å². The highest BCUT2D eigenvalue weighted by atomic mass is 19.4. The Bertz CT molecular complexity index is 1520. The minimum atomic E-state index is -5.08. The number of aliphatic hydroxyl groups is 1. The molecule has 0 saturated carbocycles. The molecule has 0 aliphatic carbocycles. The van der Waals surface area contributed by atoms with Gasteiger partial charge in [-0.1, -0.05) is 13.0 Å². The number of anilines is 2. The largest absolute Gasteiger partial charge is 0.416 e. The Morgan fingerprint density at radius 3 is 2.09 bits per heavy atom. The van der Waals surface area contributed by atoms with Gasteiger partial charge in [-0.15, -0.1) is 0 Å². The van der Waals surface area contributed by atoms with Gasteiger partial charge in [0.15, 0.2) is 0 Å². The minimum Gasteiger partial charge on any atom is -0.394 e. The second kappa shape index (κ2) is 12.6. The molecule has 1 aliphatic rings. The first-order valence-corrected chi connectivity index (χ1v) is 14.3. The number of nitrogens with zero attached hydrogens (tertiary/aromatic N) is 4. The van der Waals surface area contributed by atoms with Gasteiger partial charge in [0, 0.05) is 32.2 Å². The standard InChI is InChI=1S/C32H35F7N4O2/c1-6-42-9-10-43(24(17-42)18-44)28-15-26(25-8-7-23(33)11-19(25)2)27(16-40-28)41(5)29(45)30(3,4)20-12-21(31(34,35)36)14-22(13-20)32(37,38)39/h7-8,11-16,24,44H,6,9-10,17-18H2,1-5H3/t24-/m0/s1. The van der Waals surface area contributed by atoms with Crippen molar-refractivity contribution in [3.63, 3.8) is 0 Å². The highest BCUT2D eigenvalue weighted by molar-refractivity contribution is 6.03. The van der Waals surface area contributed by atoms with Crippen molar-refractivity contribution in [3.05, 3.63) is 76.7 Å². The molecule has 45 heavy (non-hydrogen) atoms. The number of aryl methyl sites for hydroxylation is 1. The first-order chi connectivity index (χ1) is 20.9. The summed E-state index contributed by atoms with van der Waals surface area (Å²) in [6.07, 6.45) is -8.76. The van der Waals surface area contributed by atoms with Crippen molar-refractivity contribution in [2.24, 2.45) is 0 Å². The Morgan fingerprint density at radius 2 is 1.56 bits per heavy atom. The number of carbonyl (C=O) groups excluding carboxylic acids is 1. The molecule has 1 fully saturated rings. The van der Waals surface area contributed by atoms with Gasteiger partial charge in [0.25, 0.3) is 0 Å². The molecule has 13 heteroatoms. The lowest BCUT2D eigenvalue weighted by Gasteiger charge is -2.41. The summed E-state index contributed by atoms with van der Waals surface area (Å²) in [7, 11) is 1.36. The summed E-state index contributed by atoms with van der Waals surface area (Å²) in [4.78, 5) is 23.8. The van der Waals surface area contributed by atoms with E-state index < -0.39 is 46.2 Å². The molecule has 3 aromatic rings. The van der Waals surface area contributed by atoms with E-state index in [1.807, 2.05) is 11.8 Å². The predicted octanol–water partition coefficient (Wildman–Crippen LogP) is 6.68. The van der Waals surface area contributed by atoms with Crippen LogP contribution < -0.4 is 9.80 Å². The van der Waals surface area contributed by atoms with E-state index in [-0.39, 0.29) is 24.4 Å². The molecule has 1 amide bonds. The second-order valence-corrected chi connectivity index (χ2v) is 11.7. The summed E-state index contributed by atoms with van der Waals surface area (Å²) in [6.45, 7) is 8.71. The van der Waals surface area contributed by atoms with Crippen LogP contribution in [0.1, 0.15) is 43.0 Å². The van der Waals surface area contributed by atoms with Gasteiger partial charge in [-0.25, -0.2) is 9.37 Å². The molecule has 0 unspecified atom stereocenters. The zero-order valence-electron chi connectivity index (χ0n) is 25.5. The normalized spacial score (nSPS) is 16.6. The van der Waals surface area contributed by atoms with Crippen molar-refractivity contribution in [2.45, 2.75) is 51.5 Å². The first kappa shape index (κ1) is 34.2. The van der Waals surface area contributed by atoms with Crippen molar-refractivity contribution >= 4 is 17.4 Å². The lowest BCUT2D eigenvalue weighted by Crippen LogP contribution is -2.55. The summed E-state index contributed by atoms with van der Waals surface area (Å²) >= 11 is 0. The maximum atomic E-state index is 14.1. The summed E-state index contributed by atoms with van der Waals surface area (Å²) in [5.41, 5.74) is -3.64. The Hall–Kier alpha value is -3.71. The number of pyridine rings is 1. The number of benzene rings is 2. The van der Waals surface area contributed by atoms with Crippen LogP contribution in [0.15, 0.2) is 48.7 Å². The van der Waals surface area contributed by atoms with E-state index in [1.165, 1.54) is 45.3 Å². The Balaban J connectivity index is 1.82.